The summed E-state index contributed by atoms with van der Waals surface area (Å²) in [7, 11) is 1.68. The van der Waals surface area contributed by atoms with Crippen LogP contribution in [0.15, 0.2) is 10.9 Å². The molecule has 0 fully saturated rings. The zero-order valence-electron chi connectivity index (χ0n) is 4.22. The van der Waals surface area contributed by atoms with Crippen LogP contribution in [0.2, 0.25) is 4.34 Å². The second-order valence-corrected chi connectivity index (χ2v) is 3.18. The van der Waals surface area contributed by atoms with Gasteiger partial charge in [0, 0.05) is 13.1 Å². The normalized spacial score (nSPS) is 8.67. The molecule has 0 aliphatic rings. The van der Waals surface area contributed by atoms with E-state index in [4.69, 9.17) is 11.6 Å². The van der Waals surface area contributed by atoms with E-state index in [0.29, 0.717) is 4.34 Å². The van der Waals surface area contributed by atoms with Crippen LogP contribution >= 0.6 is 23.1 Å². The summed E-state index contributed by atoms with van der Waals surface area (Å²) in [6.07, 6.45) is 0. The fourth-order valence-corrected chi connectivity index (χ4v) is 1.35. The Morgan fingerprint density at radius 1 is 1.78 bits per heavy atom. The first-order chi connectivity index (χ1) is 3.70. The molecule has 0 saturated heterocycles. The summed E-state index contributed by atoms with van der Waals surface area (Å²) in [6.45, 7) is 0. The van der Waals surface area contributed by atoms with Gasteiger partial charge in [-0.3, -0.25) is 8.75 Å². The van der Waals surface area contributed by atoms with Crippen LogP contribution in [0, 0.1) is 0 Å². The minimum absolute atomic E-state index is 0. The Morgan fingerprint density at radius 2 is 2.33 bits per heavy atom. The van der Waals surface area contributed by atoms with Crippen molar-refractivity contribution in [2.45, 2.75) is 0 Å². The van der Waals surface area contributed by atoms with Crippen LogP contribution in [0.1, 0.15) is 0 Å². The molecule has 0 bridgehead atoms. The molecule has 0 aromatic carbocycles. The first-order valence-corrected chi connectivity index (χ1v) is 3.18. The zero-order valence-corrected chi connectivity index (χ0v) is 5.79. The molecular formula is C4H6ClMgNOS. The maximum absolute atomic E-state index is 10.5. The van der Waals surface area contributed by atoms with Gasteiger partial charge in [-0.05, 0) is 11.5 Å². The Balaban J connectivity index is 0.000000640. The summed E-state index contributed by atoms with van der Waals surface area (Å²) < 4.78 is 2.01. The first kappa shape index (κ1) is 9.49. The average Bonchev–Trinajstić information content (AvgIpc) is 1.85. The summed E-state index contributed by atoms with van der Waals surface area (Å²) in [5, 5.41) is 0. The second kappa shape index (κ2) is 3.60. The van der Waals surface area contributed by atoms with Gasteiger partial charge in [0.2, 0.25) is 0 Å². The fraction of sp³-hybridized carbons (Fsp3) is 0.250. The van der Waals surface area contributed by atoms with E-state index in [2.05, 4.69) is 0 Å². The van der Waals surface area contributed by atoms with E-state index >= 15 is 0 Å². The Hall–Kier alpha value is 0.486. The third kappa shape index (κ3) is 2.29. The Bertz CT molecular complexity index is 243. The van der Waals surface area contributed by atoms with Crippen molar-refractivity contribution >= 4 is 46.2 Å². The molecule has 9 heavy (non-hydrogen) atoms. The van der Waals surface area contributed by atoms with Crippen molar-refractivity contribution in [1.29, 1.82) is 0 Å². The lowest BCUT2D eigenvalue weighted by Gasteiger charge is -1.77. The molecule has 0 aliphatic heterocycles. The predicted molar refractivity (Wildman–Crippen MR) is 43.1 cm³/mol. The molecule has 0 atom stereocenters. The third-order valence-corrected chi connectivity index (χ3v) is 1.83. The number of hydrogen-bond acceptors (Lipinski definition) is 2. The standard InChI is InChI=1S/C4H4ClNOS.Mg.2H/c1-6-4(7)2-3(5)8-6;;;/h2H,1H3;;;. The van der Waals surface area contributed by atoms with E-state index in [1.807, 2.05) is 0 Å². The lowest BCUT2D eigenvalue weighted by atomic mass is 10.7. The van der Waals surface area contributed by atoms with Crippen LogP contribution in [0.4, 0.5) is 0 Å². The minimum Gasteiger partial charge on any atom is -0.268 e. The topological polar surface area (TPSA) is 22.0 Å². The third-order valence-electron chi connectivity index (χ3n) is 0.771. The molecule has 2 nitrogen and oxygen atoms in total. The minimum atomic E-state index is -0.0417. The van der Waals surface area contributed by atoms with Gasteiger partial charge in [-0.25, -0.2) is 0 Å². The van der Waals surface area contributed by atoms with Gasteiger partial charge in [-0.1, -0.05) is 11.6 Å². The zero-order chi connectivity index (χ0) is 6.15. The second-order valence-electron chi connectivity index (χ2n) is 1.38. The van der Waals surface area contributed by atoms with E-state index in [-0.39, 0.29) is 28.6 Å². The van der Waals surface area contributed by atoms with Gasteiger partial charge in [0.1, 0.15) is 4.34 Å². The van der Waals surface area contributed by atoms with Crippen molar-refractivity contribution in [2.24, 2.45) is 7.05 Å². The molecule has 0 radical (unpaired) electrons. The van der Waals surface area contributed by atoms with E-state index in [0.717, 1.165) is 0 Å². The monoisotopic (exact) mass is 175 g/mol. The summed E-state index contributed by atoms with van der Waals surface area (Å²) in [4.78, 5) is 10.5. The molecule has 1 aromatic rings. The molecule has 48 valence electrons. The maximum Gasteiger partial charge on any atom is 0.316 e. The van der Waals surface area contributed by atoms with Crippen molar-refractivity contribution < 1.29 is 0 Å². The Labute approximate surface area is 77.7 Å². The van der Waals surface area contributed by atoms with E-state index in [9.17, 15) is 4.79 Å². The number of aromatic nitrogens is 1. The van der Waals surface area contributed by atoms with Crippen LogP contribution < -0.4 is 5.56 Å². The van der Waals surface area contributed by atoms with Gasteiger partial charge in [-0.15, -0.1) is 0 Å². The lowest BCUT2D eigenvalue weighted by molar-refractivity contribution is 0.981. The molecule has 0 unspecified atom stereocenters. The number of nitrogens with zero attached hydrogens (tertiary/aromatic N) is 1. The van der Waals surface area contributed by atoms with E-state index in [1.54, 1.807) is 7.05 Å². The predicted octanol–water partition coefficient (Wildman–Crippen LogP) is 0.184. The SMILES string of the molecule is Cn1sc(Cl)cc1=O.[MgH2]. The molecule has 5 heteroatoms. The van der Waals surface area contributed by atoms with Crippen molar-refractivity contribution in [2.75, 3.05) is 0 Å². The molecule has 1 aromatic heterocycles. The van der Waals surface area contributed by atoms with Crippen LogP contribution in [0.5, 0.6) is 0 Å². The van der Waals surface area contributed by atoms with E-state index < -0.39 is 0 Å². The highest BCUT2D eigenvalue weighted by atomic mass is 35.5. The van der Waals surface area contributed by atoms with Gasteiger partial charge in [0.25, 0.3) is 5.56 Å². The smallest absolute Gasteiger partial charge is 0.268 e. The number of hydrogen-bond donors (Lipinski definition) is 0. The molecule has 0 amide bonds. The van der Waals surface area contributed by atoms with Crippen LogP contribution in [-0.2, 0) is 7.05 Å². The Kier molecular flexibility index (Phi) is 3.80. The Morgan fingerprint density at radius 3 is 2.44 bits per heavy atom. The summed E-state index contributed by atoms with van der Waals surface area (Å²) in [5.74, 6) is 0. The molecular weight excluding hydrogens is 170 g/mol. The van der Waals surface area contributed by atoms with Gasteiger partial charge in [0.05, 0.1) is 0 Å². The summed E-state index contributed by atoms with van der Waals surface area (Å²) >= 11 is 6.70. The summed E-state index contributed by atoms with van der Waals surface area (Å²) in [5.41, 5.74) is -0.0417. The highest BCUT2D eigenvalue weighted by Gasteiger charge is 1.93. The van der Waals surface area contributed by atoms with Crippen molar-refractivity contribution in [1.82, 2.24) is 3.96 Å². The van der Waals surface area contributed by atoms with Crippen LogP contribution in [0.3, 0.4) is 0 Å². The number of aryl methyl sites for hydroxylation is 1. The van der Waals surface area contributed by atoms with Gasteiger partial charge in [-0.2, -0.15) is 0 Å². The van der Waals surface area contributed by atoms with Gasteiger partial charge in [0.15, 0.2) is 0 Å². The molecule has 0 spiro atoms. The average molecular weight is 176 g/mol. The molecule has 1 rings (SSSR count). The van der Waals surface area contributed by atoms with Gasteiger partial charge < -0.3 is 0 Å². The van der Waals surface area contributed by atoms with Crippen LogP contribution in [0.25, 0.3) is 0 Å². The highest BCUT2D eigenvalue weighted by molar-refractivity contribution is 7.11. The lowest BCUT2D eigenvalue weighted by Crippen LogP contribution is -2.05. The molecule has 1 heterocycles. The van der Waals surface area contributed by atoms with Gasteiger partial charge >= 0.3 is 23.1 Å². The van der Waals surface area contributed by atoms with Crippen molar-refractivity contribution in [3.63, 3.8) is 0 Å². The van der Waals surface area contributed by atoms with E-state index in [1.165, 1.54) is 21.6 Å². The van der Waals surface area contributed by atoms with Crippen LogP contribution in [-0.4, -0.2) is 27.0 Å². The quantitative estimate of drug-likeness (QED) is 0.517. The number of halogens is 1. The molecule has 0 aliphatic carbocycles. The summed E-state index contributed by atoms with van der Waals surface area (Å²) in [6, 6.07) is 1.40. The molecule has 0 N–H and O–H groups in total. The number of rotatable bonds is 0. The maximum atomic E-state index is 10.5. The highest BCUT2D eigenvalue weighted by Crippen LogP contribution is 2.09. The van der Waals surface area contributed by atoms with Crippen molar-refractivity contribution in [3.05, 3.63) is 20.8 Å². The first-order valence-electron chi connectivity index (χ1n) is 2.03. The molecule has 0 saturated carbocycles. The fourth-order valence-electron chi connectivity index (χ4n) is 0.390. The van der Waals surface area contributed by atoms with Crippen molar-refractivity contribution in [3.8, 4) is 0 Å². The largest absolute Gasteiger partial charge is 0.316 e.